The molecule has 4 nitrogen and oxygen atoms in total. The standard InChI is InChI=1S/C2H7NO3.4ClH/c3-1-2(4,5)6;;;;/h4-6H,1,3H2;4*1H. The van der Waals surface area contributed by atoms with Crippen molar-refractivity contribution in [3.63, 3.8) is 0 Å². The van der Waals surface area contributed by atoms with E-state index >= 15 is 0 Å². The Labute approximate surface area is 83.4 Å². The smallest absolute Gasteiger partial charge is 0.288 e. The number of rotatable bonds is 1. The number of nitrogens with two attached hydrogens (primary N) is 1. The Balaban J connectivity index is -0.0000000208. The second-order valence-electron chi connectivity index (χ2n) is 0.978. The SMILES string of the molecule is Cl.Cl.Cl.Cl.NCC(O)(O)O. The van der Waals surface area contributed by atoms with Crippen molar-refractivity contribution < 1.29 is 15.3 Å². The molecule has 0 radical (unpaired) electrons. The Morgan fingerprint density at radius 3 is 1.00 bits per heavy atom. The lowest BCUT2D eigenvalue weighted by Gasteiger charge is -2.07. The minimum atomic E-state index is -2.68. The summed E-state index contributed by atoms with van der Waals surface area (Å²) in [4.78, 5) is 0. The third-order valence-electron chi connectivity index (χ3n) is 0.274. The molecule has 0 atom stereocenters. The van der Waals surface area contributed by atoms with Gasteiger partial charge in [0.15, 0.2) is 0 Å². The lowest BCUT2D eigenvalue weighted by Crippen LogP contribution is -2.36. The maximum atomic E-state index is 7.81. The van der Waals surface area contributed by atoms with E-state index in [9.17, 15) is 0 Å². The van der Waals surface area contributed by atoms with Crippen molar-refractivity contribution >= 4 is 49.6 Å². The highest BCUT2D eigenvalue weighted by atomic mass is 35.5. The van der Waals surface area contributed by atoms with Crippen molar-refractivity contribution in [1.82, 2.24) is 0 Å². The third-order valence-corrected chi connectivity index (χ3v) is 0.274. The maximum Gasteiger partial charge on any atom is 0.288 e. The zero-order valence-corrected chi connectivity index (χ0v) is 8.03. The van der Waals surface area contributed by atoms with Gasteiger partial charge in [-0.15, -0.1) is 49.6 Å². The molecule has 0 aromatic heterocycles. The minimum absolute atomic E-state index is 0. The molecule has 5 N–H and O–H groups in total. The first-order valence-corrected chi connectivity index (χ1v) is 1.43. The van der Waals surface area contributed by atoms with E-state index in [-0.39, 0.29) is 49.6 Å². The Morgan fingerprint density at radius 1 is 0.900 bits per heavy atom. The van der Waals surface area contributed by atoms with E-state index in [1.807, 2.05) is 0 Å². The Bertz CT molecular complexity index is 48.3. The first kappa shape index (κ1) is 30.6. The highest BCUT2D eigenvalue weighted by Gasteiger charge is 2.12. The van der Waals surface area contributed by atoms with Crippen LogP contribution in [0.4, 0.5) is 0 Å². The lowest BCUT2D eigenvalue weighted by atomic mass is 10.6. The van der Waals surface area contributed by atoms with Crippen LogP contribution in [0.1, 0.15) is 0 Å². The largest absolute Gasteiger partial charge is 0.343 e. The molecule has 0 aromatic carbocycles. The summed E-state index contributed by atoms with van der Waals surface area (Å²) in [5.41, 5.74) is 4.56. The Hall–Kier alpha value is 1.000. The normalized spacial score (nSPS) is 7.20. The third kappa shape index (κ3) is 36.0. The molecule has 0 aliphatic heterocycles. The number of halogens is 4. The molecule has 0 heterocycles. The van der Waals surface area contributed by atoms with Crippen LogP contribution in [-0.4, -0.2) is 27.8 Å². The summed E-state index contributed by atoms with van der Waals surface area (Å²) in [6, 6.07) is 0. The van der Waals surface area contributed by atoms with Crippen LogP contribution in [0.3, 0.4) is 0 Å². The molecule has 0 aromatic rings. The number of hydrogen-bond acceptors (Lipinski definition) is 4. The van der Waals surface area contributed by atoms with Crippen molar-refractivity contribution in [3.8, 4) is 0 Å². The Kier molecular flexibility index (Phi) is 38.7. The summed E-state index contributed by atoms with van der Waals surface area (Å²) >= 11 is 0. The molecule has 0 fully saturated rings. The average molecular weight is 239 g/mol. The van der Waals surface area contributed by atoms with E-state index in [0.717, 1.165) is 0 Å². The van der Waals surface area contributed by atoms with Crippen molar-refractivity contribution in [2.45, 2.75) is 5.97 Å². The van der Waals surface area contributed by atoms with Crippen LogP contribution in [-0.2, 0) is 0 Å². The molecule has 0 aliphatic rings. The van der Waals surface area contributed by atoms with E-state index in [1.54, 1.807) is 0 Å². The Morgan fingerprint density at radius 2 is 1.00 bits per heavy atom. The molecule has 0 saturated carbocycles. The lowest BCUT2D eigenvalue weighted by molar-refractivity contribution is -0.302. The fourth-order valence-corrected chi connectivity index (χ4v) is 0. The van der Waals surface area contributed by atoms with Crippen LogP contribution in [0.25, 0.3) is 0 Å². The van der Waals surface area contributed by atoms with Crippen molar-refractivity contribution in [3.05, 3.63) is 0 Å². The van der Waals surface area contributed by atoms with Gasteiger partial charge in [-0.2, -0.15) is 0 Å². The van der Waals surface area contributed by atoms with Crippen LogP contribution < -0.4 is 5.73 Å². The second-order valence-corrected chi connectivity index (χ2v) is 0.978. The van der Waals surface area contributed by atoms with E-state index in [4.69, 9.17) is 15.3 Å². The summed E-state index contributed by atoms with van der Waals surface area (Å²) in [5.74, 6) is -2.68. The molecule has 0 saturated heterocycles. The molecule has 0 rings (SSSR count). The van der Waals surface area contributed by atoms with Gasteiger partial charge >= 0.3 is 0 Å². The van der Waals surface area contributed by atoms with Crippen LogP contribution in [0.2, 0.25) is 0 Å². The molecule has 70 valence electrons. The first-order chi connectivity index (χ1) is 2.56. The topological polar surface area (TPSA) is 86.7 Å². The number of aliphatic hydroxyl groups is 3. The van der Waals surface area contributed by atoms with Gasteiger partial charge in [0.1, 0.15) is 0 Å². The average Bonchev–Trinajstić information content (AvgIpc) is 1.35. The van der Waals surface area contributed by atoms with Gasteiger partial charge in [-0.3, -0.25) is 0 Å². The highest BCUT2D eigenvalue weighted by molar-refractivity contribution is 5.86. The predicted octanol–water partition coefficient (Wildman–Crippen LogP) is -0.737. The summed E-state index contributed by atoms with van der Waals surface area (Å²) in [6.07, 6.45) is 0. The van der Waals surface area contributed by atoms with Gasteiger partial charge in [-0.1, -0.05) is 0 Å². The van der Waals surface area contributed by atoms with Gasteiger partial charge in [0.2, 0.25) is 0 Å². The molecule has 8 heteroatoms. The summed E-state index contributed by atoms with van der Waals surface area (Å²) in [7, 11) is 0. The fraction of sp³-hybridized carbons (Fsp3) is 1.00. The van der Waals surface area contributed by atoms with E-state index in [1.165, 1.54) is 0 Å². The van der Waals surface area contributed by atoms with Crippen molar-refractivity contribution in [2.75, 3.05) is 6.54 Å². The van der Waals surface area contributed by atoms with Gasteiger partial charge in [0, 0.05) is 0 Å². The summed E-state index contributed by atoms with van der Waals surface area (Å²) in [5, 5.41) is 23.4. The van der Waals surface area contributed by atoms with E-state index in [0.29, 0.717) is 0 Å². The van der Waals surface area contributed by atoms with Crippen molar-refractivity contribution in [1.29, 1.82) is 0 Å². The van der Waals surface area contributed by atoms with Crippen LogP contribution in [0.5, 0.6) is 0 Å². The van der Waals surface area contributed by atoms with E-state index in [2.05, 4.69) is 5.73 Å². The van der Waals surface area contributed by atoms with Gasteiger partial charge in [-0.25, -0.2) is 0 Å². The van der Waals surface area contributed by atoms with E-state index < -0.39 is 12.5 Å². The number of hydrogen-bond donors (Lipinski definition) is 4. The highest BCUT2D eigenvalue weighted by Crippen LogP contribution is 1.82. The predicted molar refractivity (Wildman–Crippen MR) is 47.4 cm³/mol. The molecule has 0 unspecified atom stereocenters. The monoisotopic (exact) mass is 237 g/mol. The van der Waals surface area contributed by atoms with Crippen LogP contribution in [0.15, 0.2) is 0 Å². The van der Waals surface area contributed by atoms with Gasteiger partial charge in [0.05, 0.1) is 6.54 Å². The second kappa shape index (κ2) is 12.7. The molecular formula is C2H11Cl4NO3. The molecule has 0 spiro atoms. The zero-order chi connectivity index (χ0) is 5.21. The minimum Gasteiger partial charge on any atom is -0.343 e. The van der Waals surface area contributed by atoms with Crippen LogP contribution in [0, 0.1) is 0 Å². The quantitative estimate of drug-likeness (QED) is 0.454. The molecule has 10 heavy (non-hydrogen) atoms. The summed E-state index contributed by atoms with van der Waals surface area (Å²) in [6.45, 7) is -0.562. The molecule has 0 aliphatic carbocycles. The maximum absolute atomic E-state index is 7.81. The van der Waals surface area contributed by atoms with Crippen molar-refractivity contribution in [2.24, 2.45) is 5.73 Å². The molecule has 0 bridgehead atoms. The fourth-order valence-electron chi connectivity index (χ4n) is 0. The van der Waals surface area contributed by atoms with Gasteiger partial charge in [-0.05, 0) is 0 Å². The first-order valence-electron chi connectivity index (χ1n) is 1.43. The molecule has 0 amide bonds. The van der Waals surface area contributed by atoms with Gasteiger partial charge < -0.3 is 21.1 Å². The summed E-state index contributed by atoms with van der Waals surface area (Å²) < 4.78 is 0. The van der Waals surface area contributed by atoms with Gasteiger partial charge in [0.25, 0.3) is 5.97 Å². The zero-order valence-electron chi connectivity index (χ0n) is 4.76. The van der Waals surface area contributed by atoms with Crippen LogP contribution >= 0.6 is 49.6 Å². The molecular weight excluding hydrogens is 228 g/mol.